The number of ether oxygens (including phenoxy) is 2. The molecule has 0 radical (unpaired) electrons. The molecule has 0 amide bonds. The fourth-order valence-corrected chi connectivity index (χ4v) is 7.21. The highest BCUT2D eigenvalue weighted by Gasteiger charge is 2.47. The minimum atomic E-state index is -0.155. The summed E-state index contributed by atoms with van der Waals surface area (Å²) in [5.41, 5.74) is 0.860. The van der Waals surface area contributed by atoms with Crippen LogP contribution in [0.25, 0.3) is 0 Å². The number of piperidine rings is 1. The number of aliphatic hydroxyl groups excluding tert-OH is 2. The zero-order valence-corrected chi connectivity index (χ0v) is 21.8. The molecule has 2 aromatic heterocycles. The number of hydrogen-bond acceptors (Lipinski definition) is 10. The summed E-state index contributed by atoms with van der Waals surface area (Å²) in [4.78, 5) is 19.6. The molecule has 4 aliphatic heterocycles. The molecule has 4 aliphatic rings. The first kappa shape index (κ1) is 24.2. The normalized spacial score (nSPS) is 28.8. The maximum absolute atomic E-state index is 10.1. The van der Waals surface area contributed by atoms with Gasteiger partial charge in [0.15, 0.2) is 17.4 Å². The number of aliphatic hydroxyl groups is 2. The standard InChI is InChI=1S/C26H35N5O4S/c1-16-17(2)35-15-26(16)4-7-30(8-5-26)24-20(13-33)29-22(10-28-24)36-21-3-6-27-25-23(21)34-14-19-9-18(12-32)11-31(19)25/h3,6,10,16-19,32-33H,4-5,7-9,11-15H2,1-2H3/t16-,17+,18+,19+/m1/s1. The van der Waals surface area contributed by atoms with Crippen LogP contribution in [0, 0.1) is 17.3 Å². The number of nitrogens with zero attached hydrogens (tertiary/aromatic N) is 5. The second kappa shape index (κ2) is 9.63. The molecule has 0 unspecified atom stereocenters. The molecule has 2 N–H and O–H groups in total. The van der Waals surface area contributed by atoms with Crippen molar-refractivity contribution >= 4 is 23.4 Å². The van der Waals surface area contributed by atoms with E-state index in [1.165, 1.54) is 11.8 Å². The van der Waals surface area contributed by atoms with E-state index in [0.29, 0.717) is 24.3 Å². The molecule has 36 heavy (non-hydrogen) atoms. The molecule has 194 valence electrons. The van der Waals surface area contributed by atoms with Crippen molar-refractivity contribution in [1.82, 2.24) is 15.0 Å². The molecule has 9 nitrogen and oxygen atoms in total. The summed E-state index contributed by atoms with van der Waals surface area (Å²) in [5.74, 6) is 3.18. The van der Waals surface area contributed by atoms with E-state index in [9.17, 15) is 10.2 Å². The Hall–Kier alpha value is -2.14. The van der Waals surface area contributed by atoms with Crippen molar-refractivity contribution in [3.05, 3.63) is 24.2 Å². The minimum Gasteiger partial charge on any atom is -0.486 e. The van der Waals surface area contributed by atoms with E-state index in [1.807, 2.05) is 6.07 Å². The van der Waals surface area contributed by atoms with Gasteiger partial charge in [0.05, 0.1) is 36.5 Å². The number of aromatic nitrogens is 3. The highest BCUT2D eigenvalue weighted by atomic mass is 32.2. The van der Waals surface area contributed by atoms with Gasteiger partial charge in [-0.3, -0.25) is 0 Å². The van der Waals surface area contributed by atoms with Gasteiger partial charge in [0.2, 0.25) is 0 Å². The highest BCUT2D eigenvalue weighted by molar-refractivity contribution is 7.99. The average Bonchev–Trinajstić information content (AvgIpc) is 3.46. The van der Waals surface area contributed by atoms with Gasteiger partial charge in [-0.25, -0.2) is 15.0 Å². The zero-order valence-electron chi connectivity index (χ0n) is 21.0. The molecule has 0 aliphatic carbocycles. The van der Waals surface area contributed by atoms with Crippen LogP contribution in [-0.4, -0.2) is 76.8 Å². The van der Waals surface area contributed by atoms with Crippen LogP contribution in [0.1, 0.15) is 38.8 Å². The smallest absolute Gasteiger partial charge is 0.175 e. The monoisotopic (exact) mass is 513 g/mol. The molecule has 10 heteroatoms. The molecule has 0 saturated carbocycles. The Kier molecular flexibility index (Phi) is 6.47. The van der Waals surface area contributed by atoms with Crippen LogP contribution in [0.2, 0.25) is 0 Å². The maximum Gasteiger partial charge on any atom is 0.175 e. The highest BCUT2D eigenvalue weighted by Crippen LogP contribution is 2.47. The first-order valence-electron chi connectivity index (χ1n) is 13.0. The van der Waals surface area contributed by atoms with Crippen LogP contribution in [0.5, 0.6) is 5.75 Å². The SMILES string of the molecule is C[C@@H]1OCC2(CCN(c3ncc(Sc4ccnc5c4OC[C@@H]4C[C@H](CO)CN54)nc3CO)CC2)[C@@H]1C. The van der Waals surface area contributed by atoms with E-state index in [0.717, 1.165) is 72.8 Å². The molecule has 3 fully saturated rings. The molecule has 0 aromatic carbocycles. The number of pyridine rings is 1. The van der Waals surface area contributed by atoms with Gasteiger partial charge >= 0.3 is 0 Å². The molecular weight excluding hydrogens is 478 g/mol. The van der Waals surface area contributed by atoms with Gasteiger partial charge in [-0.2, -0.15) is 0 Å². The third kappa shape index (κ3) is 4.12. The number of rotatable bonds is 5. The number of anilines is 2. The Morgan fingerprint density at radius 1 is 1.17 bits per heavy atom. The zero-order chi connectivity index (χ0) is 24.9. The van der Waals surface area contributed by atoms with Crippen molar-refractivity contribution in [3.63, 3.8) is 0 Å². The lowest BCUT2D eigenvalue weighted by molar-refractivity contribution is 0.0969. The van der Waals surface area contributed by atoms with E-state index in [4.69, 9.17) is 19.4 Å². The molecule has 4 atom stereocenters. The summed E-state index contributed by atoms with van der Waals surface area (Å²) in [5, 5.41) is 20.5. The summed E-state index contributed by atoms with van der Waals surface area (Å²) in [6.07, 6.45) is 6.96. The Morgan fingerprint density at radius 2 is 2.00 bits per heavy atom. The molecule has 6 heterocycles. The van der Waals surface area contributed by atoms with Gasteiger partial charge < -0.3 is 29.5 Å². The predicted octanol–water partition coefficient (Wildman–Crippen LogP) is 2.74. The number of fused-ring (bicyclic) bond motifs is 3. The first-order valence-corrected chi connectivity index (χ1v) is 13.8. The van der Waals surface area contributed by atoms with E-state index >= 15 is 0 Å². The van der Waals surface area contributed by atoms with Crippen LogP contribution in [0.3, 0.4) is 0 Å². The lowest BCUT2D eigenvalue weighted by Gasteiger charge is -2.42. The van der Waals surface area contributed by atoms with E-state index in [1.54, 1.807) is 12.4 Å². The first-order chi connectivity index (χ1) is 17.5. The molecule has 6 rings (SSSR count). The van der Waals surface area contributed by atoms with Crippen molar-refractivity contribution < 1.29 is 19.7 Å². The number of hydrogen-bond donors (Lipinski definition) is 2. The van der Waals surface area contributed by atoms with Crippen molar-refractivity contribution in [1.29, 1.82) is 0 Å². The van der Waals surface area contributed by atoms with E-state index in [-0.39, 0.29) is 30.6 Å². The minimum absolute atomic E-state index is 0.155. The van der Waals surface area contributed by atoms with Crippen molar-refractivity contribution in [3.8, 4) is 5.75 Å². The summed E-state index contributed by atoms with van der Waals surface area (Å²) < 4.78 is 12.1. The fourth-order valence-electron chi connectivity index (χ4n) is 6.35. The van der Waals surface area contributed by atoms with E-state index < -0.39 is 0 Å². The maximum atomic E-state index is 10.1. The second-order valence-corrected chi connectivity index (χ2v) is 11.8. The van der Waals surface area contributed by atoms with Gasteiger partial charge in [0.1, 0.15) is 17.3 Å². The fraction of sp³-hybridized carbons (Fsp3) is 0.654. The van der Waals surface area contributed by atoms with Crippen LogP contribution in [0.4, 0.5) is 11.6 Å². The van der Waals surface area contributed by atoms with Crippen LogP contribution >= 0.6 is 11.8 Å². The Morgan fingerprint density at radius 3 is 2.72 bits per heavy atom. The summed E-state index contributed by atoms with van der Waals surface area (Å²) >= 11 is 1.48. The van der Waals surface area contributed by atoms with Crippen LogP contribution in [0.15, 0.2) is 28.4 Å². The van der Waals surface area contributed by atoms with Crippen LogP contribution < -0.4 is 14.5 Å². The van der Waals surface area contributed by atoms with Gasteiger partial charge in [-0.1, -0.05) is 18.7 Å². The molecular formula is C26H35N5O4S. The van der Waals surface area contributed by atoms with Crippen molar-refractivity contribution in [2.45, 2.75) is 61.8 Å². The topological polar surface area (TPSA) is 104 Å². The lowest BCUT2D eigenvalue weighted by atomic mass is 9.70. The molecule has 0 bridgehead atoms. The van der Waals surface area contributed by atoms with Crippen molar-refractivity contribution in [2.24, 2.45) is 17.3 Å². The van der Waals surface area contributed by atoms with Gasteiger partial charge in [-0.05, 0) is 38.2 Å². The van der Waals surface area contributed by atoms with Crippen molar-refractivity contribution in [2.75, 3.05) is 49.3 Å². The van der Waals surface area contributed by atoms with Gasteiger partial charge in [0, 0.05) is 43.8 Å². The largest absolute Gasteiger partial charge is 0.486 e. The lowest BCUT2D eigenvalue weighted by Crippen LogP contribution is -2.44. The molecule has 1 spiro atoms. The quantitative estimate of drug-likeness (QED) is 0.620. The van der Waals surface area contributed by atoms with Gasteiger partial charge in [-0.15, -0.1) is 0 Å². The third-order valence-corrected chi connectivity index (χ3v) is 9.78. The average molecular weight is 514 g/mol. The summed E-state index contributed by atoms with van der Waals surface area (Å²) in [6, 6.07) is 2.20. The summed E-state index contributed by atoms with van der Waals surface area (Å²) in [6.45, 7) is 8.54. The second-order valence-electron chi connectivity index (χ2n) is 10.8. The third-order valence-electron chi connectivity index (χ3n) is 8.83. The molecule has 3 saturated heterocycles. The van der Waals surface area contributed by atoms with E-state index in [2.05, 4.69) is 28.6 Å². The van der Waals surface area contributed by atoms with Gasteiger partial charge in [0.25, 0.3) is 0 Å². The Labute approximate surface area is 216 Å². The predicted molar refractivity (Wildman–Crippen MR) is 137 cm³/mol. The van der Waals surface area contributed by atoms with Crippen LogP contribution in [-0.2, 0) is 11.3 Å². The molecule has 2 aromatic rings. The summed E-state index contributed by atoms with van der Waals surface area (Å²) in [7, 11) is 0. The Balaban J connectivity index is 1.19. The Bertz CT molecular complexity index is 1110.